The summed E-state index contributed by atoms with van der Waals surface area (Å²) < 4.78 is 0. The lowest BCUT2D eigenvalue weighted by molar-refractivity contribution is -0.115. The summed E-state index contributed by atoms with van der Waals surface area (Å²) >= 11 is 5.80. The van der Waals surface area contributed by atoms with Crippen molar-refractivity contribution in [1.29, 1.82) is 0 Å². The molecule has 0 unspecified atom stereocenters. The predicted molar refractivity (Wildman–Crippen MR) is 83.2 cm³/mol. The molecule has 1 aliphatic carbocycles. The van der Waals surface area contributed by atoms with E-state index in [9.17, 15) is 4.79 Å². The highest BCUT2D eigenvalue weighted by atomic mass is 35.5. The molecule has 4 nitrogen and oxygen atoms in total. The minimum Gasteiger partial charge on any atom is -0.325 e. The first kappa shape index (κ1) is 15.3. The standard InChI is InChI=1S/C15H22ClN3O/c1-19(2)15(8-3-9-15)11-17-10-14(20)18-13-6-4-12(16)5-7-13/h4-7,17H,3,8-11H2,1-2H3,(H,18,20). The summed E-state index contributed by atoms with van der Waals surface area (Å²) in [6.07, 6.45) is 3.68. The van der Waals surface area contributed by atoms with E-state index in [0.717, 1.165) is 12.2 Å². The quantitative estimate of drug-likeness (QED) is 0.847. The Balaban J connectivity index is 1.74. The Morgan fingerprint density at radius 1 is 1.30 bits per heavy atom. The van der Waals surface area contributed by atoms with E-state index >= 15 is 0 Å². The molecule has 0 radical (unpaired) electrons. The van der Waals surface area contributed by atoms with Gasteiger partial charge in [0.25, 0.3) is 0 Å². The van der Waals surface area contributed by atoms with Crippen molar-refractivity contribution in [1.82, 2.24) is 10.2 Å². The number of carbonyl (C=O) groups excluding carboxylic acids is 1. The van der Waals surface area contributed by atoms with Crippen molar-refractivity contribution in [3.05, 3.63) is 29.3 Å². The molecule has 0 aromatic heterocycles. The molecule has 2 N–H and O–H groups in total. The fourth-order valence-electron chi connectivity index (χ4n) is 2.51. The first-order valence-corrected chi connectivity index (χ1v) is 7.33. The van der Waals surface area contributed by atoms with Crippen LogP contribution in [-0.4, -0.2) is 43.5 Å². The van der Waals surface area contributed by atoms with Crippen LogP contribution in [0.1, 0.15) is 19.3 Å². The number of nitrogens with zero attached hydrogens (tertiary/aromatic N) is 1. The van der Waals surface area contributed by atoms with Crippen LogP contribution in [0.15, 0.2) is 24.3 Å². The molecular formula is C15H22ClN3O. The van der Waals surface area contributed by atoms with Crippen molar-refractivity contribution >= 4 is 23.2 Å². The Bertz CT molecular complexity index is 455. The molecule has 0 atom stereocenters. The molecule has 1 aromatic carbocycles. The molecule has 2 rings (SSSR count). The zero-order valence-corrected chi connectivity index (χ0v) is 12.8. The molecule has 0 aliphatic heterocycles. The lowest BCUT2D eigenvalue weighted by Crippen LogP contribution is -2.57. The van der Waals surface area contributed by atoms with Crippen molar-refractivity contribution < 1.29 is 4.79 Å². The maximum absolute atomic E-state index is 11.8. The normalized spacial score (nSPS) is 16.8. The number of rotatable bonds is 6. The Hall–Kier alpha value is -1.10. The molecule has 1 amide bonds. The topological polar surface area (TPSA) is 44.4 Å². The maximum Gasteiger partial charge on any atom is 0.238 e. The summed E-state index contributed by atoms with van der Waals surface area (Å²) in [6, 6.07) is 7.13. The predicted octanol–water partition coefficient (Wildman–Crippen LogP) is 2.35. The average Bonchev–Trinajstić information content (AvgIpc) is 2.35. The van der Waals surface area contributed by atoms with Gasteiger partial charge in [0.15, 0.2) is 0 Å². The van der Waals surface area contributed by atoms with Gasteiger partial charge in [-0.05, 0) is 57.6 Å². The maximum atomic E-state index is 11.8. The summed E-state index contributed by atoms with van der Waals surface area (Å²) in [5.41, 5.74) is 1.01. The molecule has 20 heavy (non-hydrogen) atoms. The van der Waals surface area contributed by atoms with Crippen molar-refractivity contribution in [3.8, 4) is 0 Å². The second-order valence-corrected chi connectivity index (χ2v) is 6.07. The molecule has 110 valence electrons. The Kier molecular flexibility index (Phi) is 5.02. The Morgan fingerprint density at radius 3 is 2.45 bits per heavy atom. The van der Waals surface area contributed by atoms with Gasteiger partial charge in [-0.1, -0.05) is 11.6 Å². The number of hydrogen-bond acceptors (Lipinski definition) is 3. The van der Waals surface area contributed by atoms with E-state index < -0.39 is 0 Å². The highest BCUT2D eigenvalue weighted by Crippen LogP contribution is 2.35. The zero-order chi connectivity index (χ0) is 14.6. The molecule has 1 aromatic rings. The van der Waals surface area contributed by atoms with Crippen molar-refractivity contribution in [2.24, 2.45) is 0 Å². The second-order valence-electron chi connectivity index (χ2n) is 5.63. The average molecular weight is 296 g/mol. The van der Waals surface area contributed by atoms with E-state index in [1.807, 2.05) is 0 Å². The van der Waals surface area contributed by atoms with E-state index in [2.05, 4.69) is 29.6 Å². The van der Waals surface area contributed by atoms with Gasteiger partial charge in [-0.3, -0.25) is 4.79 Å². The van der Waals surface area contributed by atoms with Gasteiger partial charge in [0.2, 0.25) is 5.91 Å². The highest BCUT2D eigenvalue weighted by molar-refractivity contribution is 6.30. The smallest absolute Gasteiger partial charge is 0.238 e. The third-order valence-corrected chi connectivity index (χ3v) is 4.35. The van der Waals surface area contributed by atoms with Gasteiger partial charge in [-0.25, -0.2) is 0 Å². The molecule has 0 saturated heterocycles. The van der Waals surface area contributed by atoms with Crippen LogP contribution in [0, 0.1) is 0 Å². The van der Waals surface area contributed by atoms with Crippen LogP contribution < -0.4 is 10.6 Å². The Morgan fingerprint density at radius 2 is 1.95 bits per heavy atom. The van der Waals surface area contributed by atoms with Crippen molar-refractivity contribution in [2.75, 3.05) is 32.5 Å². The molecule has 1 fully saturated rings. The van der Waals surface area contributed by atoms with E-state index in [1.165, 1.54) is 19.3 Å². The SMILES string of the molecule is CN(C)C1(CNCC(=O)Nc2ccc(Cl)cc2)CCC1. The zero-order valence-electron chi connectivity index (χ0n) is 12.1. The first-order valence-electron chi connectivity index (χ1n) is 6.95. The number of benzene rings is 1. The van der Waals surface area contributed by atoms with Gasteiger partial charge in [0, 0.05) is 22.8 Å². The van der Waals surface area contributed by atoms with Crippen LogP contribution in [0.25, 0.3) is 0 Å². The van der Waals surface area contributed by atoms with Gasteiger partial charge < -0.3 is 15.5 Å². The van der Waals surface area contributed by atoms with Crippen molar-refractivity contribution in [2.45, 2.75) is 24.8 Å². The van der Waals surface area contributed by atoms with Gasteiger partial charge >= 0.3 is 0 Å². The summed E-state index contributed by atoms with van der Waals surface area (Å²) in [5.74, 6) is -0.0273. The third kappa shape index (κ3) is 3.72. The monoisotopic (exact) mass is 295 g/mol. The number of anilines is 1. The van der Waals surface area contributed by atoms with Crippen LogP contribution in [0.5, 0.6) is 0 Å². The van der Waals surface area contributed by atoms with Crippen LogP contribution >= 0.6 is 11.6 Å². The first-order chi connectivity index (χ1) is 9.52. The number of carbonyl (C=O) groups is 1. The number of halogens is 1. The van der Waals surface area contributed by atoms with Crippen LogP contribution in [0.3, 0.4) is 0 Å². The van der Waals surface area contributed by atoms with Crippen LogP contribution in [0.2, 0.25) is 5.02 Å². The molecule has 1 aliphatic rings. The molecule has 1 saturated carbocycles. The van der Waals surface area contributed by atoms with E-state index in [0.29, 0.717) is 11.6 Å². The summed E-state index contributed by atoms with van der Waals surface area (Å²) in [4.78, 5) is 14.1. The van der Waals surface area contributed by atoms with Crippen LogP contribution in [-0.2, 0) is 4.79 Å². The minimum atomic E-state index is -0.0273. The fourth-order valence-corrected chi connectivity index (χ4v) is 2.64. The van der Waals surface area contributed by atoms with Gasteiger partial charge in [0.1, 0.15) is 0 Å². The lowest BCUT2D eigenvalue weighted by Gasteiger charge is -2.47. The molecule has 0 heterocycles. The molecular weight excluding hydrogens is 274 g/mol. The summed E-state index contributed by atoms with van der Waals surface area (Å²) in [6.45, 7) is 1.19. The van der Waals surface area contributed by atoms with Crippen molar-refractivity contribution in [3.63, 3.8) is 0 Å². The summed E-state index contributed by atoms with van der Waals surface area (Å²) in [7, 11) is 4.21. The van der Waals surface area contributed by atoms with Crippen LogP contribution in [0.4, 0.5) is 5.69 Å². The number of nitrogens with one attached hydrogen (secondary N) is 2. The lowest BCUT2D eigenvalue weighted by atomic mass is 9.75. The minimum absolute atomic E-state index is 0.0273. The summed E-state index contributed by atoms with van der Waals surface area (Å²) in [5, 5.41) is 6.77. The van der Waals surface area contributed by atoms with Gasteiger partial charge in [0.05, 0.1) is 6.54 Å². The fraction of sp³-hybridized carbons (Fsp3) is 0.533. The third-order valence-electron chi connectivity index (χ3n) is 4.10. The number of likely N-dealkylation sites (N-methyl/N-ethyl adjacent to an activating group) is 1. The highest BCUT2D eigenvalue weighted by Gasteiger charge is 2.38. The molecule has 0 bridgehead atoms. The second kappa shape index (κ2) is 6.57. The Labute approximate surface area is 125 Å². The van der Waals surface area contributed by atoms with Gasteiger partial charge in [-0.2, -0.15) is 0 Å². The number of amides is 1. The number of hydrogen-bond donors (Lipinski definition) is 2. The van der Waals surface area contributed by atoms with E-state index in [4.69, 9.17) is 11.6 Å². The van der Waals surface area contributed by atoms with E-state index in [1.54, 1.807) is 24.3 Å². The largest absolute Gasteiger partial charge is 0.325 e. The van der Waals surface area contributed by atoms with Gasteiger partial charge in [-0.15, -0.1) is 0 Å². The van der Waals surface area contributed by atoms with E-state index in [-0.39, 0.29) is 11.4 Å². The molecule has 0 spiro atoms. The molecule has 5 heteroatoms.